The first kappa shape index (κ1) is 14.2. The predicted octanol–water partition coefficient (Wildman–Crippen LogP) is 1.91. The van der Waals surface area contributed by atoms with Gasteiger partial charge in [-0.25, -0.2) is 4.79 Å². The SMILES string of the molecule is CC(C)(C)OC(=O)N1CCC[C@@]2(CCCNC2=O)C1. The fourth-order valence-corrected chi connectivity index (χ4v) is 2.93. The Morgan fingerprint density at radius 1 is 1.32 bits per heavy atom. The van der Waals surface area contributed by atoms with Crippen LogP contribution in [0.5, 0.6) is 0 Å². The summed E-state index contributed by atoms with van der Waals surface area (Å²) in [5, 5.41) is 2.93. The second-order valence-electron chi connectivity index (χ2n) is 6.65. The van der Waals surface area contributed by atoms with Crippen LogP contribution < -0.4 is 5.32 Å². The standard InChI is InChI=1S/C14H24N2O3/c1-13(2,3)19-12(18)16-9-5-7-14(10-16)6-4-8-15-11(14)17/h4-10H2,1-3H3,(H,15,17)/t14-/m0/s1. The van der Waals surface area contributed by atoms with Crippen LogP contribution in [0.1, 0.15) is 46.5 Å². The maximum atomic E-state index is 12.1. The molecule has 2 heterocycles. The van der Waals surface area contributed by atoms with Crippen LogP contribution in [-0.4, -0.2) is 42.1 Å². The van der Waals surface area contributed by atoms with Gasteiger partial charge in [-0.15, -0.1) is 0 Å². The first-order chi connectivity index (χ1) is 8.82. The Labute approximate surface area is 114 Å². The largest absolute Gasteiger partial charge is 0.444 e. The normalized spacial score (nSPS) is 28.2. The van der Waals surface area contributed by atoms with Crippen LogP contribution in [-0.2, 0) is 9.53 Å². The first-order valence-corrected chi connectivity index (χ1v) is 7.09. The van der Waals surface area contributed by atoms with Gasteiger partial charge in [0.15, 0.2) is 0 Å². The quantitative estimate of drug-likeness (QED) is 0.730. The zero-order valence-electron chi connectivity index (χ0n) is 12.1. The highest BCUT2D eigenvalue weighted by Gasteiger charge is 2.45. The molecule has 2 aliphatic heterocycles. The number of carbonyl (C=O) groups excluding carboxylic acids is 2. The number of hydrogen-bond donors (Lipinski definition) is 1. The van der Waals surface area contributed by atoms with Crippen LogP contribution >= 0.6 is 0 Å². The Kier molecular flexibility index (Phi) is 3.74. The molecule has 0 saturated carbocycles. The summed E-state index contributed by atoms with van der Waals surface area (Å²) in [4.78, 5) is 25.9. The molecule has 108 valence electrons. The van der Waals surface area contributed by atoms with Crippen molar-refractivity contribution in [1.82, 2.24) is 10.2 Å². The summed E-state index contributed by atoms with van der Waals surface area (Å²) in [6.07, 6.45) is 3.31. The fourth-order valence-electron chi connectivity index (χ4n) is 2.93. The molecular formula is C14H24N2O3. The monoisotopic (exact) mass is 268 g/mol. The van der Waals surface area contributed by atoms with Gasteiger partial charge in [0.25, 0.3) is 0 Å². The zero-order chi connectivity index (χ0) is 14.1. The summed E-state index contributed by atoms with van der Waals surface area (Å²) in [5.41, 5.74) is -0.871. The molecule has 0 aromatic carbocycles. The van der Waals surface area contributed by atoms with Crippen molar-refractivity contribution in [2.24, 2.45) is 5.41 Å². The Bertz CT molecular complexity index is 371. The lowest BCUT2D eigenvalue weighted by Crippen LogP contribution is -2.56. The number of ether oxygens (including phenoxy) is 1. The molecule has 2 saturated heterocycles. The molecule has 0 aliphatic carbocycles. The summed E-state index contributed by atoms with van der Waals surface area (Å²) in [6, 6.07) is 0. The van der Waals surface area contributed by atoms with E-state index in [0.717, 1.165) is 32.2 Å². The molecule has 2 aliphatic rings. The van der Waals surface area contributed by atoms with Gasteiger partial charge in [-0.3, -0.25) is 4.79 Å². The van der Waals surface area contributed by atoms with Crippen molar-refractivity contribution in [2.45, 2.75) is 52.1 Å². The number of hydrogen-bond acceptors (Lipinski definition) is 3. The van der Waals surface area contributed by atoms with E-state index >= 15 is 0 Å². The lowest BCUT2D eigenvalue weighted by molar-refractivity contribution is -0.136. The third-order valence-corrected chi connectivity index (χ3v) is 3.83. The van der Waals surface area contributed by atoms with Crippen LogP contribution in [0, 0.1) is 5.41 Å². The molecule has 1 atom stereocenters. The topological polar surface area (TPSA) is 58.6 Å². The summed E-state index contributed by atoms with van der Waals surface area (Å²) in [7, 11) is 0. The third-order valence-electron chi connectivity index (χ3n) is 3.83. The maximum Gasteiger partial charge on any atom is 0.410 e. The van der Waals surface area contributed by atoms with Gasteiger partial charge in [0.05, 0.1) is 5.41 Å². The van der Waals surface area contributed by atoms with Crippen molar-refractivity contribution in [3.05, 3.63) is 0 Å². The third kappa shape index (κ3) is 3.19. The number of likely N-dealkylation sites (tertiary alicyclic amines) is 1. The van der Waals surface area contributed by atoms with Crippen molar-refractivity contribution < 1.29 is 14.3 Å². The molecule has 0 aromatic rings. The molecule has 0 radical (unpaired) electrons. The molecule has 1 spiro atoms. The number of carbonyl (C=O) groups is 2. The van der Waals surface area contributed by atoms with E-state index in [4.69, 9.17) is 4.74 Å². The molecule has 0 bridgehead atoms. The molecule has 5 nitrogen and oxygen atoms in total. The minimum absolute atomic E-state index is 0.104. The Balaban J connectivity index is 2.04. The molecule has 0 aromatic heterocycles. The smallest absolute Gasteiger partial charge is 0.410 e. The van der Waals surface area contributed by atoms with Crippen LogP contribution in [0.3, 0.4) is 0 Å². The van der Waals surface area contributed by atoms with Crippen LogP contribution in [0.25, 0.3) is 0 Å². The van der Waals surface area contributed by atoms with E-state index < -0.39 is 5.60 Å². The van der Waals surface area contributed by atoms with Gasteiger partial charge in [0.2, 0.25) is 5.91 Å². The molecule has 2 rings (SSSR count). The van der Waals surface area contributed by atoms with Gasteiger partial charge in [0, 0.05) is 19.6 Å². The number of nitrogens with zero attached hydrogens (tertiary/aromatic N) is 1. The van der Waals surface area contributed by atoms with E-state index in [0.29, 0.717) is 13.1 Å². The number of amides is 2. The summed E-state index contributed by atoms with van der Waals surface area (Å²) in [5.74, 6) is 0.104. The maximum absolute atomic E-state index is 12.1. The highest BCUT2D eigenvalue weighted by Crippen LogP contribution is 2.37. The Morgan fingerprint density at radius 3 is 2.63 bits per heavy atom. The van der Waals surface area contributed by atoms with Crippen LogP contribution in [0.2, 0.25) is 0 Å². The van der Waals surface area contributed by atoms with E-state index in [1.807, 2.05) is 20.8 Å². The van der Waals surface area contributed by atoms with Gasteiger partial charge in [-0.2, -0.15) is 0 Å². The van der Waals surface area contributed by atoms with E-state index in [1.165, 1.54) is 0 Å². The first-order valence-electron chi connectivity index (χ1n) is 7.09. The number of nitrogens with one attached hydrogen (secondary N) is 1. The second-order valence-corrected chi connectivity index (χ2v) is 6.65. The minimum Gasteiger partial charge on any atom is -0.444 e. The lowest BCUT2D eigenvalue weighted by atomic mass is 9.74. The molecular weight excluding hydrogens is 244 g/mol. The van der Waals surface area contributed by atoms with Gasteiger partial charge < -0.3 is 15.0 Å². The lowest BCUT2D eigenvalue weighted by Gasteiger charge is -2.43. The van der Waals surface area contributed by atoms with E-state index in [2.05, 4.69) is 5.32 Å². The molecule has 1 N–H and O–H groups in total. The van der Waals surface area contributed by atoms with Gasteiger partial charge >= 0.3 is 6.09 Å². The van der Waals surface area contributed by atoms with E-state index in [-0.39, 0.29) is 17.4 Å². The van der Waals surface area contributed by atoms with Crippen LogP contribution in [0.15, 0.2) is 0 Å². The number of piperidine rings is 2. The highest BCUT2D eigenvalue weighted by atomic mass is 16.6. The van der Waals surface area contributed by atoms with Crippen molar-refractivity contribution in [3.63, 3.8) is 0 Å². The Hall–Kier alpha value is -1.26. The summed E-state index contributed by atoms with van der Waals surface area (Å²) in [6.45, 7) is 7.51. The van der Waals surface area contributed by atoms with E-state index in [1.54, 1.807) is 4.90 Å². The van der Waals surface area contributed by atoms with Crippen molar-refractivity contribution in [1.29, 1.82) is 0 Å². The summed E-state index contributed by atoms with van der Waals surface area (Å²) < 4.78 is 5.40. The molecule has 5 heteroatoms. The zero-order valence-corrected chi connectivity index (χ0v) is 12.1. The predicted molar refractivity (Wildman–Crippen MR) is 71.7 cm³/mol. The van der Waals surface area contributed by atoms with E-state index in [9.17, 15) is 9.59 Å². The number of rotatable bonds is 0. The molecule has 2 fully saturated rings. The fraction of sp³-hybridized carbons (Fsp3) is 0.857. The van der Waals surface area contributed by atoms with Crippen molar-refractivity contribution >= 4 is 12.0 Å². The second kappa shape index (κ2) is 5.02. The minimum atomic E-state index is -0.490. The van der Waals surface area contributed by atoms with Gasteiger partial charge in [-0.1, -0.05) is 0 Å². The van der Waals surface area contributed by atoms with Crippen molar-refractivity contribution in [2.75, 3.05) is 19.6 Å². The van der Waals surface area contributed by atoms with Gasteiger partial charge in [0.1, 0.15) is 5.60 Å². The highest BCUT2D eigenvalue weighted by molar-refractivity contribution is 5.84. The van der Waals surface area contributed by atoms with Crippen LogP contribution in [0.4, 0.5) is 4.79 Å². The average Bonchev–Trinajstić information content (AvgIpc) is 2.31. The Morgan fingerprint density at radius 2 is 2.00 bits per heavy atom. The average molecular weight is 268 g/mol. The summed E-state index contributed by atoms with van der Waals surface area (Å²) >= 11 is 0. The van der Waals surface area contributed by atoms with Gasteiger partial charge in [-0.05, 0) is 46.5 Å². The molecule has 19 heavy (non-hydrogen) atoms. The van der Waals surface area contributed by atoms with Crippen molar-refractivity contribution in [3.8, 4) is 0 Å². The molecule has 2 amide bonds. The molecule has 0 unspecified atom stereocenters.